The van der Waals surface area contributed by atoms with Crippen LogP contribution in [0.5, 0.6) is 17.4 Å². The molecule has 0 aliphatic carbocycles. The highest BCUT2D eigenvalue weighted by atomic mass is 35.5. The maximum Gasteiger partial charge on any atom is 0.290 e. The van der Waals surface area contributed by atoms with Gasteiger partial charge in [-0.3, -0.25) is 4.79 Å². The van der Waals surface area contributed by atoms with E-state index < -0.39 is 0 Å². The van der Waals surface area contributed by atoms with E-state index in [1.165, 1.54) is 31.3 Å². The number of aromatic hydroxyl groups is 1. The number of rotatable bonds is 3. The molecule has 0 radical (unpaired) electrons. The molecule has 94 valence electrons. The molecular formula is C12H10ClNO4. The first-order chi connectivity index (χ1) is 8.60. The molecule has 0 saturated carbocycles. The summed E-state index contributed by atoms with van der Waals surface area (Å²) in [6, 6.07) is 7.37. The van der Waals surface area contributed by atoms with Crippen molar-refractivity contribution in [2.75, 3.05) is 7.05 Å². The van der Waals surface area contributed by atoms with Crippen LogP contribution in [0.15, 0.2) is 34.7 Å². The van der Waals surface area contributed by atoms with Crippen LogP contribution in [-0.4, -0.2) is 18.1 Å². The molecule has 1 aromatic heterocycles. The van der Waals surface area contributed by atoms with Gasteiger partial charge in [0.1, 0.15) is 0 Å². The number of hydrogen-bond donors (Lipinski definition) is 2. The van der Waals surface area contributed by atoms with Crippen molar-refractivity contribution in [2.45, 2.75) is 0 Å². The van der Waals surface area contributed by atoms with E-state index in [9.17, 15) is 9.90 Å². The monoisotopic (exact) mass is 267 g/mol. The van der Waals surface area contributed by atoms with E-state index in [-0.39, 0.29) is 29.1 Å². The number of phenols is 1. The smallest absolute Gasteiger partial charge is 0.290 e. The Bertz CT molecular complexity index is 579. The van der Waals surface area contributed by atoms with E-state index in [0.717, 1.165) is 0 Å². The van der Waals surface area contributed by atoms with Gasteiger partial charge in [0.2, 0.25) is 0 Å². The number of carbonyl (C=O) groups excluding carboxylic acids is 1. The predicted molar refractivity (Wildman–Crippen MR) is 65.3 cm³/mol. The van der Waals surface area contributed by atoms with Crippen molar-refractivity contribution in [2.24, 2.45) is 0 Å². The highest BCUT2D eigenvalue weighted by Gasteiger charge is 2.12. The summed E-state index contributed by atoms with van der Waals surface area (Å²) in [5, 5.41) is 12.4. The van der Waals surface area contributed by atoms with Gasteiger partial charge in [0.15, 0.2) is 17.3 Å². The fourth-order valence-electron chi connectivity index (χ4n) is 1.31. The lowest BCUT2D eigenvalue weighted by atomic mass is 10.3. The molecule has 0 spiro atoms. The summed E-state index contributed by atoms with van der Waals surface area (Å²) in [4.78, 5) is 11.3. The Labute approximate surface area is 108 Å². The van der Waals surface area contributed by atoms with Crippen LogP contribution in [0.3, 0.4) is 0 Å². The molecule has 18 heavy (non-hydrogen) atoms. The number of hydrogen-bond acceptors (Lipinski definition) is 4. The average Bonchev–Trinajstić information content (AvgIpc) is 2.80. The number of amides is 1. The first kappa shape index (κ1) is 12.3. The van der Waals surface area contributed by atoms with Crippen LogP contribution in [0.25, 0.3) is 0 Å². The van der Waals surface area contributed by atoms with Crippen molar-refractivity contribution in [3.05, 3.63) is 41.1 Å². The largest absolute Gasteiger partial charge is 0.504 e. The third kappa shape index (κ3) is 2.57. The minimum atomic E-state index is -0.356. The van der Waals surface area contributed by atoms with Crippen molar-refractivity contribution in [1.29, 1.82) is 0 Å². The minimum absolute atomic E-state index is 0.103. The Kier molecular flexibility index (Phi) is 3.43. The molecule has 1 heterocycles. The van der Waals surface area contributed by atoms with Crippen LogP contribution >= 0.6 is 11.6 Å². The SMILES string of the molecule is CNC(=O)c1ccc(Oc2ccc(Cl)cc2O)o1. The minimum Gasteiger partial charge on any atom is -0.504 e. The van der Waals surface area contributed by atoms with E-state index in [1.807, 2.05) is 0 Å². The molecule has 2 N–H and O–H groups in total. The fourth-order valence-corrected chi connectivity index (χ4v) is 1.47. The third-order valence-electron chi connectivity index (χ3n) is 2.16. The molecule has 6 heteroatoms. The Hall–Kier alpha value is -2.14. The van der Waals surface area contributed by atoms with Crippen LogP contribution in [0.1, 0.15) is 10.6 Å². The van der Waals surface area contributed by atoms with Crippen LogP contribution < -0.4 is 10.1 Å². The van der Waals surface area contributed by atoms with Gasteiger partial charge in [-0.2, -0.15) is 0 Å². The second-order valence-electron chi connectivity index (χ2n) is 3.41. The molecule has 0 atom stereocenters. The quantitative estimate of drug-likeness (QED) is 0.897. The molecule has 0 bridgehead atoms. The van der Waals surface area contributed by atoms with E-state index >= 15 is 0 Å². The normalized spacial score (nSPS) is 10.1. The van der Waals surface area contributed by atoms with E-state index in [0.29, 0.717) is 5.02 Å². The van der Waals surface area contributed by atoms with Gasteiger partial charge in [-0.05, 0) is 18.2 Å². The molecule has 0 fully saturated rings. The summed E-state index contributed by atoms with van der Waals surface area (Å²) in [6.45, 7) is 0. The van der Waals surface area contributed by atoms with Gasteiger partial charge in [0.05, 0.1) is 0 Å². The van der Waals surface area contributed by atoms with Crippen molar-refractivity contribution >= 4 is 17.5 Å². The Balaban J connectivity index is 2.18. The van der Waals surface area contributed by atoms with E-state index in [2.05, 4.69) is 5.32 Å². The zero-order valence-corrected chi connectivity index (χ0v) is 10.2. The van der Waals surface area contributed by atoms with Gasteiger partial charge in [0, 0.05) is 24.2 Å². The molecular weight excluding hydrogens is 258 g/mol. The van der Waals surface area contributed by atoms with Crippen LogP contribution in [0.2, 0.25) is 5.02 Å². The van der Waals surface area contributed by atoms with Crippen molar-refractivity contribution < 1.29 is 19.1 Å². The number of carbonyl (C=O) groups is 1. The summed E-state index contributed by atoms with van der Waals surface area (Å²) in [6.07, 6.45) is 0. The molecule has 1 amide bonds. The molecule has 2 aromatic rings. The maximum atomic E-state index is 11.3. The van der Waals surface area contributed by atoms with Gasteiger partial charge in [-0.1, -0.05) is 11.6 Å². The lowest BCUT2D eigenvalue weighted by Crippen LogP contribution is -2.16. The molecule has 0 saturated heterocycles. The zero-order chi connectivity index (χ0) is 13.1. The first-order valence-corrected chi connectivity index (χ1v) is 5.46. The highest BCUT2D eigenvalue weighted by Crippen LogP contribution is 2.33. The number of ether oxygens (including phenoxy) is 1. The highest BCUT2D eigenvalue weighted by molar-refractivity contribution is 6.30. The van der Waals surface area contributed by atoms with Crippen molar-refractivity contribution in [1.82, 2.24) is 5.32 Å². The maximum absolute atomic E-state index is 11.3. The number of phenolic OH excluding ortho intramolecular Hbond substituents is 1. The number of nitrogens with one attached hydrogen (secondary N) is 1. The summed E-state index contributed by atoms with van der Waals surface area (Å²) in [7, 11) is 1.50. The van der Waals surface area contributed by atoms with Gasteiger partial charge in [-0.25, -0.2) is 0 Å². The second kappa shape index (κ2) is 5.01. The third-order valence-corrected chi connectivity index (χ3v) is 2.40. The van der Waals surface area contributed by atoms with Crippen molar-refractivity contribution in [3.8, 4) is 17.4 Å². The lowest BCUT2D eigenvalue weighted by Gasteiger charge is -2.04. The van der Waals surface area contributed by atoms with Crippen LogP contribution in [0, 0.1) is 0 Å². The number of benzene rings is 1. The van der Waals surface area contributed by atoms with Gasteiger partial charge < -0.3 is 19.6 Å². The lowest BCUT2D eigenvalue weighted by molar-refractivity contribution is 0.0930. The van der Waals surface area contributed by atoms with E-state index in [1.54, 1.807) is 6.07 Å². The Morgan fingerprint density at radius 1 is 1.39 bits per heavy atom. The predicted octanol–water partition coefficient (Wildman–Crippen LogP) is 2.79. The number of halogens is 1. The molecule has 2 rings (SSSR count). The summed E-state index contributed by atoms with van der Waals surface area (Å²) >= 11 is 5.69. The van der Waals surface area contributed by atoms with Crippen molar-refractivity contribution in [3.63, 3.8) is 0 Å². The first-order valence-electron chi connectivity index (χ1n) is 5.08. The Morgan fingerprint density at radius 2 is 2.17 bits per heavy atom. The van der Waals surface area contributed by atoms with Gasteiger partial charge in [0.25, 0.3) is 11.9 Å². The standard InChI is InChI=1S/C12H10ClNO4/c1-14-12(16)10-4-5-11(18-10)17-9-3-2-7(13)6-8(9)15/h2-6,15H,1H3,(H,14,16). The van der Waals surface area contributed by atoms with Crippen LogP contribution in [0.4, 0.5) is 0 Å². The summed E-state index contributed by atoms with van der Waals surface area (Å²) in [5.74, 6) is -0.0463. The average molecular weight is 268 g/mol. The summed E-state index contributed by atoms with van der Waals surface area (Å²) < 4.78 is 10.4. The van der Waals surface area contributed by atoms with E-state index in [4.69, 9.17) is 20.8 Å². The topological polar surface area (TPSA) is 71.7 Å². The van der Waals surface area contributed by atoms with Gasteiger partial charge >= 0.3 is 0 Å². The summed E-state index contributed by atoms with van der Waals surface area (Å²) in [5.41, 5.74) is 0. The second-order valence-corrected chi connectivity index (χ2v) is 3.85. The molecule has 1 aromatic carbocycles. The number of furan rings is 1. The molecule has 0 aliphatic heterocycles. The Morgan fingerprint density at radius 3 is 2.83 bits per heavy atom. The van der Waals surface area contributed by atoms with Gasteiger partial charge in [-0.15, -0.1) is 0 Å². The van der Waals surface area contributed by atoms with Crippen LogP contribution in [-0.2, 0) is 0 Å². The molecule has 5 nitrogen and oxygen atoms in total. The molecule has 0 unspecified atom stereocenters. The molecule has 0 aliphatic rings. The zero-order valence-electron chi connectivity index (χ0n) is 9.44. The fraction of sp³-hybridized carbons (Fsp3) is 0.0833.